The molecule has 41 heavy (non-hydrogen) atoms. The van der Waals surface area contributed by atoms with Crippen LogP contribution in [-0.2, 0) is 16.1 Å². The van der Waals surface area contributed by atoms with Gasteiger partial charge in [-0.2, -0.15) is 0 Å². The second-order valence-corrected chi connectivity index (χ2v) is 11.2. The standard InChI is InChI=1S/C29H29F3N4O5/c30-29(31,32)40-24-4-2-1-3-21(24)26-22(27(41-34-26)16-5-6-16)15-39-20-11-17-7-8-18(12-20)36(17)19-9-10-35-14-23(28(37)38)33-25(35)13-19/h1-4,9-10,13-14,16-18,20,25,33H,5-8,11-12,15H2,(H,37,38)/t17-,18?,20?,25?/m0/s1. The van der Waals surface area contributed by atoms with E-state index >= 15 is 0 Å². The van der Waals surface area contributed by atoms with E-state index < -0.39 is 12.3 Å². The third-order valence-electron chi connectivity index (χ3n) is 8.47. The molecule has 2 N–H and O–H groups in total. The van der Waals surface area contributed by atoms with Crippen molar-refractivity contribution in [3.05, 3.63) is 71.5 Å². The van der Waals surface area contributed by atoms with E-state index in [4.69, 9.17) is 9.26 Å². The van der Waals surface area contributed by atoms with Crippen LogP contribution in [0.25, 0.3) is 11.3 Å². The van der Waals surface area contributed by atoms with Crippen molar-refractivity contribution in [2.45, 2.75) is 81.8 Å². The quantitative estimate of drug-likeness (QED) is 0.444. The lowest BCUT2D eigenvalue weighted by Gasteiger charge is -2.42. The maximum Gasteiger partial charge on any atom is 0.573 e. The van der Waals surface area contributed by atoms with Gasteiger partial charge in [0.2, 0.25) is 0 Å². The summed E-state index contributed by atoms with van der Waals surface area (Å²) < 4.78 is 55.7. The van der Waals surface area contributed by atoms with Crippen molar-refractivity contribution >= 4 is 5.97 Å². The second-order valence-electron chi connectivity index (χ2n) is 11.2. The van der Waals surface area contributed by atoms with E-state index in [0.29, 0.717) is 17.0 Å². The molecule has 5 heterocycles. The topological polar surface area (TPSA) is 100 Å². The van der Waals surface area contributed by atoms with Crippen molar-refractivity contribution in [1.82, 2.24) is 20.3 Å². The monoisotopic (exact) mass is 570 g/mol. The molecule has 2 bridgehead atoms. The predicted molar refractivity (Wildman–Crippen MR) is 139 cm³/mol. The zero-order valence-corrected chi connectivity index (χ0v) is 22.0. The fourth-order valence-corrected chi connectivity index (χ4v) is 6.53. The molecule has 0 spiro atoms. The number of hydrogen-bond acceptors (Lipinski definition) is 8. The van der Waals surface area contributed by atoms with Crippen molar-refractivity contribution in [3.8, 4) is 17.0 Å². The van der Waals surface area contributed by atoms with Crippen LogP contribution in [0.3, 0.4) is 0 Å². The van der Waals surface area contributed by atoms with Gasteiger partial charge in [0, 0.05) is 47.2 Å². The van der Waals surface area contributed by atoms with Gasteiger partial charge in [-0.25, -0.2) is 4.79 Å². The van der Waals surface area contributed by atoms with E-state index in [9.17, 15) is 23.1 Å². The minimum absolute atomic E-state index is 0.0187. The Morgan fingerprint density at radius 2 is 1.90 bits per heavy atom. The van der Waals surface area contributed by atoms with Crippen LogP contribution < -0.4 is 10.1 Å². The molecule has 4 atom stereocenters. The Balaban J connectivity index is 1.06. The van der Waals surface area contributed by atoms with Gasteiger partial charge in [-0.05, 0) is 62.8 Å². The van der Waals surface area contributed by atoms with Crippen LogP contribution in [0.4, 0.5) is 13.2 Å². The van der Waals surface area contributed by atoms with Crippen LogP contribution in [0.1, 0.15) is 55.8 Å². The molecule has 5 aliphatic rings. The maximum atomic E-state index is 13.1. The highest BCUT2D eigenvalue weighted by atomic mass is 19.4. The number of rotatable bonds is 8. The van der Waals surface area contributed by atoms with Crippen molar-refractivity contribution in [2.24, 2.45) is 0 Å². The van der Waals surface area contributed by atoms with Gasteiger partial charge >= 0.3 is 12.3 Å². The molecule has 1 aromatic heterocycles. The summed E-state index contributed by atoms with van der Waals surface area (Å²) in [5.41, 5.74) is 2.47. The van der Waals surface area contributed by atoms with Gasteiger partial charge in [-0.3, -0.25) is 0 Å². The zero-order valence-electron chi connectivity index (χ0n) is 22.0. The highest BCUT2D eigenvalue weighted by Gasteiger charge is 2.43. The van der Waals surface area contributed by atoms with Crippen molar-refractivity contribution in [1.29, 1.82) is 0 Å². The number of aliphatic carboxylic acids is 1. The number of carboxylic acid groups (broad SMARTS) is 1. The number of hydrogen-bond donors (Lipinski definition) is 2. The number of ether oxygens (including phenoxy) is 2. The molecular formula is C29H29F3N4O5. The average Bonchev–Trinajstić information content (AvgIpc) is 3.44. The van der Waals surface area contributed by atoms with Gasteiger partial charge in [0.15, 0.2) is 0 Å². The van der Waals surface area contributed by atoms with Crippen LogP contribution >= 0.6 is 0 Å². The van der Waals surface area contributed by atoms with Crippen LogP contribution in [-0.4, -0.2) is 56.7 Å². The molecule has 1 saturated carbocycles. The molecule has 3 unspecified atom stereocenters. The Kier molecular flexibility index (Phi) is 6.25. The Morgan fingerprint density at radius 3 is 2.61 bits per heavy atom. The smallest absolute Gasteiger partial charge is 0.477 e. The number of para-hydroxylation sites is 1. The lowest BCUT2D eigenvalue weighted by molar-refractivity contribution is -0.274. The third kappa shape index (κ3) is 5.05. The number of carboxylic acids is 1. The molecule has 1 aliphatic carbocycles. The fourth-order valence-electron chi connectivity index (χ4n) is 6.53. The first-order valence-electron chi connectivity index (χ1n) is 13.9. The molecule has 12 heteroatoms. The van der Waals surface area contributed by atoms with Gasteiger partial charge in [0.1, 0.15) is 29.1 Å². The minimum Gasteiger partial charge on any atom is -0.477 e. The number of aromatic nitrogens is 1. The molecule has 2 aromatic rings. The number of fused-ring (bicyclic) bond motifs is 3. The van der Waals surface area contributed by atoms with E-state index in [1.54, 1.807) is 18.3 Å². The highest BCUT2D eigenvalue weighted by molar-refractivity contribution is 5.86. The van der Waals surface area contributed by atoms with Gasteiger partial charge in [-0.1, -0.05) is 17.3 Å². The van der Waals surface area contributed by atoms with Crippen LogP contribution in [0, 0.1) is 0 Å². The van der Waals surface area contributed by atoms with Gasteiger partial charge in [0.05, 0.1) is 12.7 Å². The second kappa shape index (κ2) is 9.86. The maximum absolute atomic E-state index is 13.1. The first kappa shape index (κ1) is 26.0. The van der Waals surface area contributed by atoms with Crippen LogP contribution in [0.2, 0.25) is 0 Å². The van der Waals surface area contributed by atoms with Gasteiger partial charge < -0.3 is 34.2 Å². The first-order chi connectivity index (χ1) is 19.7. The number of nitrogens with zero attached hydrogens (tertiary/aromatic N) is 3. The molecular weight excluding hydrogens is 541 g/mol. The predicted octanol–water partition coefficient (Wildman–Crippen LogP) is 5.20. The van der Waals surface area contributed by atoms with E-state index in [1.807, 2.05) is 17.2 Å². The van der Waals surface area contributed by atoms with Crippen molar-refractivity contribution < 1.29 is 37.1 Å². The molecule has 0 radical (unpaired) electrons. The normalized spacial score (nSPS) is 26.9. The van der Waals surface area contributed by atoms with Crippen molar-refractivity contribution in [3.63, 3.8) is 0 Å². The number of piperidine rings is 1. The molecule has 216 valence electrons. The van der Waals surface area contributed by atoms with E-state index in [0.717, 1.165) is 44.2 Å². The first-order valence-corrected chi connectivity index (χ1v) is 13.9. The minimum atomic E-state index is -4.83. The zero-order chi connectivity index (χ0) is 28.3. The Morgan fingerprint density at radius 1 is 1.15 bits per heavy atom. The van der Waals surface area contributed by atoms with Crippen LogP contribution in [0.15, 0.2) is 64.7 Å². The largest absolute Gasteiger partial charge is 0.573 e. The van der Waals surface area contributed by atoms with Gasteiger partial charge in [-0.15, -0.1) is 13.2 Å². The molecule has 0 amide bonds. The number of allylic oxidation sites excluding steroid dienone is 1. The number of benzene rings is 1. The molecule has 3 fully saturated rings. The lowest BCUT2D eigenvalue weighted by atomic mass is 9.97. The summed E-state index contributed by atoms with van der Waals surface area (Å²) in [4.78, 5) is 15.6. The Hall–Kier alpha value is -3.93. The summed E-state index contributed by atoms with van der Waals surface area (Å²) in [6, 6.07) is 6.53. The number of alkyl halides is 3. The molecule has 9 nitrogen and oxygen atoms in total. The average molecular weight is 571 g/mol. The van der Waals surface area contributed by atoms with E-state index in [1.165, 1.54) is 12.1 Å². The summed E-state index contributed by atoms with van der Waals surface area (Å²) in [7, 11) is 0. The number of halogens is 3. The molecule has 2 saturated heterocycles. The highest BCUT2D eigenvalue weighted by Crippen LogP contribution is 2.46. The molecule has 1 aromatic carbocycles. The number of nitrogens with one attached hydrogen (secondary N) is 1. The van der Waals surface area contributed by atoms with Gasteiger partial charge in [0.25, 0.3) is 0 Å². The third-order valence-corrected chi connectivity index (χ3v) is 8.47. The number of carbonyl (C=O) groups is 1. The SMILES string of the molecule is O=C(O)C1=CN2C=CC(N3C4CC[C@H]3CC(OCc3c(-c5ccccc5OC(F)(F)F)noc3C3CC3)C4)=CC2N1. The summed E-state index contributed by atoms with van der Waals surface area (Å²) in [5, 5.41) is 16.5. The Labute approximate surface area is 233 Å². The summed E-state index contributed by atoms with van der Waals surface area (Å²) in [5.74, 6) is -0.424. The van der Waals surface area contributed by atoms with Crippen LogP contribution in [0.5, 0.6) is 5.75 Å². The summed E-state index contributed by atoms with van der Waals surface area (Å²) in [6.45, 7) is 0.197. The summed E-state index contributed by atoms with van der Waals surface area (Å²) >= 11 is 0. The van der Waals surface area contributed by atoms with E-state index in [-0.39, 0.29) is 53.9 Å². The Bertz CT molecular complexity index is 1430. The molecule has 7 rings (SSSR count). The fraction of sp³-hybridized carbons (Fsp3) is 0.448. The lowest BCUT2D eigenvalue weighted by Crippen LogP contribution is -2.46. The van der Waals surface area contributed by atoms with Crippen molar-refractivity contribution in [2.75, 3.05) is 0 Å². The van der Waals surface area contributed by atoms with E-state index in [2.05, 4.69) is 26.2 Å². The molecule has 4 aliphatic heterocycles. The summed E-state index contributed by atoms with van der Waals surface area (Å²) in [6.07, 6.45) is 8.09.